The summed E-state index contributed by atoms with van der Waals surface area (Å²) in [4.78, 5) is 51.0. The van der Waals surface area contributed by atoms with Gasteiger partial charge in [-0.05, 0) is 23.8 Å². The van der Waals surface area contributed by atoms with Crippen molar-refractivity contribution in [2.45, 2.75) is 13.1 Å². The molecule has 0 aliphatic rings. The highest BCUT2D eigenvalue weighted by atomic mass is 35.5. The fraction of sp³-hybridized carbons (Fsp3) is 0.115. The molecule has 13 heteroatoms. The molecule has 4 aromatic heterocycles. The van der Waals surface area contributed by atoms with Crippen LogP contribution in [0.1, 0.15) is 15.9 Å². The topological polar surface area (TPSA) is 171 Å². The highest BCUT2D eigenvalue weighted by molar-refractivity contribution is 6.30. The highest BCUT2D eigenvalue weighted by Gasteiger charge is 2.23. The minimum atomic E-state index is -1.27. The number of nitrogens with zero attached hydrogens (tertiary/aromatic N) is 6. The van der Waals surface area contributed by atoms with Gasteiger partial charge in [-0.25, -0.2) is 15.0 Å². The van der Waals surface area contributed by atoms with E-state index in [0.29, 0.717) is 32.7 Å². The summed E-state index contributed by atoms with van der Waals surface area (Å²) in [5.41, 5.74) is 7.85. The molecule has 0 saturated heterocycles. The van der Waals surface area contributed by atoms with Gasteiger partial charge in [0.1, 0.15) is 17.8 Å². The first kappa shape index (κ1) is 25.5. The summed E-state index contributed by atoms with van der Waals surface area (Å²) in [5.74, 6) is -1.89. The van der Waals surface area contributed by atoms with Gasteiger partial charge in [0.25, 0.3) is 11.5 Å². The number of hydrogen-bond acceptors (Lipinski definition) is 8. The Morgan fingerprint density at radius 2 is 1.77 bits per heavy atom. The van der Waals surface area contributed by atoms with Crippen molar-refractivity contribution in [2.24, 2.45) is 7.05 Å². The Kier molecular flexibility index (Phi) is 6.77. The van der Waals surface area contributed by atoms with Crippen LogP contribution in [-0.4, -0.2) is 46.3 Å². The number of nitrogen functional groups attached to an aromatic ring is 1. The zero-order valence-electron chi connectivity index (χ0n) is 20.5. The maximum absolute atomic E-state index is 13.4. The van der Waals surface area contributed by atoms with E-state index in [1.807, 2.05) is 0 Å². The first-order chi connectivity index (χ1) is 18.7. The number of pyridine rings is 2. The largest absolute Gasteiger partial charge is 0.480 e. The van der Waals surface area contributed by atoms with E-state index in [-0.39, 0.29) is 23.7 Å². The van der Waals surface area contributed by atoms with Gasteiger partial charge in [0, 0.05) is 71.0 Å². The number of fused-ring (bicyclic) bond motifs is 1. The van der Waals surface area contributed by atoms with Gasteiger partial charge in [0.15, 0.2) is 0 Å². The normalized spacial score (nSPS) is 11.0. The number of carboxylic acid groups (broad SMARTS) is 1. The van der Waals surface area contributed by atoms with Gasteiger partial charge >= 0.3 is 5.97 Å². The van der Waals surface area contributed by atoms with E-state index in [2.05, 4.69) is 25.4 Å². The van der Waals surface area contributed by atoms with Crippen molar-refractivity contribution < 1.29 is 14.7 Å². The predicted molar refractivity (Wildman–Crippen MR) is 144 cm³/mol. The van der Waals surface area contributed by atoms with Gasteiger partial charge in [-0.2, -0.15) is 5.10 Å². The summed E-state index contributed by atoms with van der Waals surface area (Å²) in [6.45, 7) is -0.580. The molecular weight excluding hydrogens is 524 g/mol. The molecule has 0 atom stereocenters. The summed E-state index contributed by atoms with van der Waals surface area (Å²) in [6.07, 6.45) is 7.94. The summed E-state index contributed by atoms with van der Waals surface area (Å²) in [5, 5.41) is 17.4. The van der Waals surface area contributed by atoms with E-state index in [9.17, 15) is 19.5 Å². The van der Waals surface area contributed by atoms with E-state index in [1.54, 1.807) is 48.4 Å². The lowest BCUT2D eigenvalue weighted by Gasteiger charge is -2.16. The maximum atomic E-state index is 13.4. The van der Waals surface area contributed by atoms with E-state index in [4.69, 9.17) is 17.3 Å². The van der Waals surface area contributed by atoms with Crippen LogP contribution in [0, 0.1) is 0 Å². The van der Waals surface area contributed by atoms with Crippen molar-refractivity contribution in [3.63, 3.8) is 0 Å². The van der Waals surface area contributed by atoms with Crippen LogP contribution < -0.4 is 16.6 Å². The van der Waals surface area contributed by atoms with Gasteiger partial charge < -0.3 is 16.2 Å². The van der Waals surface area contributed by atoms with Crippen LogP contribution in [0.3, 0.4) is 0 Å². The SMILES string of the molecule is Cn1cc(-c2cnc3c(cc(C(=O)NCc4ccc(Cl)cc4)c(=O)n3CC(=O)O)c2-c2cnc(N)nc2)cn1. The van der Waals surface area contributed by atoms with Crippen LogP contribution >= 0.6 is 11.6 Å². The van der Waals surface area contributed by atoms with Crippen molar-refractivity contribution in [2.75, 3.05) is 5.73 Å². The molecular formula is C26H21ClN8O4. The molecule has 1 aromatic carbocycles. The molecule has 0 aliphatic carbocycles. The highest BCUT2D eigenvalue weighted by Crippen LogP contribution is 2.36. The van der Waals surface area contributed by atoms with Crippen molar-refractivity contribution >= 4 is 40.5 Å². The third kappa shape index (κ3) is 5.18. The second kappa shape index (κ2) is 10.3. The molecule has 0 radical (unpaired) electrons. The number of hydrogen-bond donors (Lipinski definition) is 3. The lowest BCUT2D eigenvalue weighted by molar-refractivity contribution is -0.137. The van der Waals surface area contributed by atoms with E-state index >= 15 is 0 Å². The van der Waals surface area contributed by atoms with Gasteiger partial charge in [-0.1, -0.05) is 23.7 Å². The number of carboxylic acids is 1. The summed E-state index contributed by atoms with van der Waals surface area (Å²) < 4.78 is 2.58. The lowest BCUT2D eigenvalue weighted by atomic mass is 9.95. The van der Waals surface area contributed by atoms with Crippen LogP contribution in [0.15, 0.2) is 66.1 Å². The molecule has 0 aliphatic heterocycles. The minimum absolute atomic E-state index is 0.0603. The van der Waals surface area contributed by atoms with E-state index in [0.717, 1.165) is 10.1 Å². The Labute approximate surface area is 225 Å². The molecule has 5 aromatic rings. The lowest BCUT2D eigenvalue weighted by Crippen LogP contribution is -2.34. The molecule has 0 fully saturated rings. The second-order valence-electron chi connectivity index (χ2n) is 8.67. The predicted octanol–water partition coefficient (Wildman–Crippen LogP) is 2.50. The molecule has 0 unspecified atom stereocenters. The Bertz CT molecular complexity index is 1780. The first-order valence-electron chi connectivity index (χ1n) is 11.6. The number of carbonyl (C=O) groups is 2. The molecule has 12 nitrogen and oxygen atoms in total. The number of anilines is 1. The Balaban J connectivity index is 1.73. The number of aliphatic carboxylic acids is 1. The number of carbonyl (C=O) groups excluding carboxylic acids is 1. The number of benzene rings is 1. The van der Waals surface area contributed by atoms with E-state index < -0.39 is 24.0 Å². The average molecular weight is 545 g/mol. The number of aryl methyl sites for hydroxylation is 1. The minimum Gasteiger partial charge on any atom is -0.480 e. The van der Waals surface area contributed by atoms with Gasteiger partial charge in [-0.3, -0.25) is 23.6 Å². The van der Waals surface area contributed by atoms with Crippen LogP contribution in [0.25, 0.3) is 33.3 Å². The number of amides is 1. The average Bonchev–Trinajstić information content (AvgIpc) is 3.35. The van der Waals surface area contributed by atoms with Crippen LogP contribution in [0.5, 0.6) is 0 Å². The van der Waals surface area contributed by atoms with Gasteiger partial charge in [0.05, 0.1) is 6.20 Å². The van der Waals surface area contributed by atoms with Crippen LogP contribution in [-0.2, 0) is 24.9 Å². The molecule has 4 heterocycles. The van der Waals surface area contributed by atoms with Crippen molar-refractivity contribution in [1.29, 1.82) is 0 Å². The number of halogens is 1. The standard InChI is InChI=1S/C26H21ClN8O4/c1-34-12-16(10-33-34)20-11-29-23-18(22(20)15-8-31-26(28)32-9-15)6-19(25(39)35(23)13-21(36)37)24(38)30-7-14-2-4-17(27)5-3-14/h2-6,8-12H,7,13H2,1H3,(H,30,38)(H,36,37)(H2,28,31,32). The van der Waals surface area contributed by atoms with Crippen molar-refractivity contribution in [3.8, 4) is 22.3 Å². The van der Waals surface area contributed by atoms with Gasteiger partial charge in [-0.15, -0.1) is 0 Å². The molecule has 0 spiro atoms. The Hall–Kier alpha value is -5.10. The molecule has 0 bridgehead atoms. The number of rotatable bonds is 7. The maximum Gasteiger partial charge on any atom is 0.323 e. The summed E-state index contributed by atoms with van der Waals surface area (Å²) >= 11 is 5.93. The molecule has 1 amide bonds. The molecule has 5 rings (SSSR count). The number of nitrogens with one attached hydrogen (secondary N) is 1. The summed E-state index contributed by atoms with van der Waals surface area (Å²) in [7, 11) is 1.76. The molecule has 4 N–H and O–H groups in total. The van der Waals surface area contributed by atoms with Crippen molar-refractivity contribution in [1.82, 2.24) is 34.6 Å². The fourth-order valence-corrected chi connectivity index (χ4v) is 4.32. The molecule has 39 heavy (non-hydrogen) atoms. The Morgan fingerprint density at radius 3 is 2.41 bits per heavy atom. The smallest absolute Gasteiger partial charge is 0.323 e. The third-order valence-electron chi connectivity index (χ3n) is 6.00. The fourth-order valence-electron chi connectivity index (χ4n) is 4.20. The molecule has 0 saturated carbocycles. The zero-order chi connectivity index (χ0) is 27.7. The quantitative estimate of drug-likeness (QED) is 0.278. The zero-order valence-corrected chi connectivity index (χ0v) is 21.3. The van der Waals surface area contributed by atoms with Crippen LogP contribution in [0.4, 0.5) is 5.95 Å². The van der Waals surface area contributed by atoms with E-state index in [1.165, 1.54) is 24.7 Å². The second-order valence-corrected chi connectivity index (χ2v) is 9.11. The number of aromatic nitrogens is 6. The third-order valence-corrected chi connectivity index (χ3v) is 6.25. The first-order valence-corrected chi connectivity index (χ1v) is 12.0. The monoisotopic (exact) mass is 544 g/mol. The van der Waals surface area contributed by atoms with Crippen LogP contribution in [0.2, 0.25) is 5.02 Å². The number of nitrogens with two attached hydrogens (primary N) is 1. The Morgan fingerprint density at radius 1 is 1.05 bits per heavy atom. The van der Waals surface area contributed by atoms with Crippen molar-refractivity contribution in [3.05, 3.63) is 87.8 Å². The summed E-state index contributed by atoms with van der Waals surface area (Å²) in [6, 6.07) is 8.27. The molecule has 196 valence electrons. The van der Waals surface area contributed by atoms with Gasteiger partial charge in [0.2, 0.25) is 5.95 Å².